The standard InChI is InChI=1S/C14H29N3O4S/c1-12(2)4-7-15-14(18)16-8-9-17(22(3,19)20)13-5-10-21-11-6-13/h12-13H,4-11H2,1-3H3,(H2,15,16,18). The van der Waals surface area contributed by atoms with E-state index in [0.717, 1.165) is 6.42 Å². The van der Waals surface area contributed by atoms with Crippen molar-refractivity contribution in [3.63, 3.8) is 0 Å². The van der Waals surface area contributed by atoms with E-state index in [1.807, 2.05) is 0 Å². The third kappa shape index (κ3) is 7.42. The topological polar surface area (TPSA) is 87.7 Å². The second kappa shape index (κ2) is 9.32. The lowest BCUT2D eigenvalue weighted by Crippen LogP contribution is -2.47. The molecule has 1 heterocycles. The van der Waals surface area contributed by atoms with Crippen molar-refractivity contribution in [2.45, 2.75) is 39.2 Å². The summed E-state index contributed by atoms with van der Waals surface area (Å²) in [7, 11) is -3.28. The average Bonchev–Trinajstić information content (AvgIpc) is 2.42. The van der Waals surface area contributed by atoms with E-state index in [0.29, 0.717) is 51.6 Å². The van der Waals surface area contributed by atoms with Crippen LogP contribution in [0.25, 0.3) is 0 Å². The van der Waals surface area contributed by atoms with Crippen LogP contribution in [0.5, 0.6) is 0 Å². The number of hydrogen-bond acceptors (Lipinski definition) is 4. The molecule has 0 aromatic heterocycles. The second-order valence-corrected chi connectivity index (χ2v) is 8.02. The molecule has 0 unspecified atom stereocenters. The number of amides is 2. The fourth-order valence-electron chi connectivity index (χ4n) is 2.41. The van der Waals surface area contributed by atoms with Gasteiger partial charge in [0.2, 0.25) is 10.0 Å². The van der Waals surface area contributed by atoms with Crippen molar-refractivity contribution in [3.05, 3.63) is 0 Å². The van der Waals surface area contributed by atoms with Crippen LogP contribution in [0.4, 0.5) is 4.79 Å². The van der Waals surface area contributed by atoms with Crippen molar-refractivity contribution in [2.75, 3.05) is 39.1 Å². The molecular weight excluding hydrogens is 306 g/mol. The minimum Gasteiger partial charge on any atom is -0.381 e. The van der Waals surface area contributed by atoms with Gasteiger partial charge in [0, 0.05) is 38.9 Å². The summed E-state index contributed by atoms with van der Waals surface area (Å²) in [5.41, 5.74) is 0. The Labute approximate surface area is 133 Å². The number of sulfonamides is 1. The molecule has 8 heteroatoms. The van der Waals surface area contributed by atoms with E-state index in [1.165, 1.54) is 10.6 Å². The Morgan fingerprint density at radius 3 is 2.36 bits per heavy atom. The molecule has 0 saturated carbocycles. The van der Waals surface area contributed by atoms with Gasteiger partial charge in [-0.15, -0.1) is 0 Å². The van der Waals surface area contributed by atoms with Gasteiger partial charge in [0.1, 0.15) is 0 Å². The number of nitrogens with one attached hydrogen (secondary N) is 2. The van der Waals surface area contributed by atoms with Gasteiger partial charge in [0.05, 0.1) is 6.26 Å². The van der Waals surface area contributed by atoms with Gasteiger partial charge >= 0.3 is 6.03 Å². The number of urea groups is 1. The van der Waals surface area contributed by atoms with Crippen molar-refractivity contribution in [3.8, 4) is 0 Å². The Balaban J connectivity index is 2.36. The van der Waals surface area contributed by atoms with Gasteiger partial charge < -0.3 is 15.4 Å². The smallest absolute Gasteiger partial charge is 0.314 e. The first kappa shape index (κ1) is 19.2. The normalized spacial score (nSPS) is 17.0. The van der Waals surface area contributed by atoms with Crippen LogP contribution in [-0.2, 0) is 14.8 Å². The first-order valence-corrected chi connectivity index (χ1v) is 9.71. The van der Waals surface area contributed by atoms with Gasteiger partial charge in [-0.3, -0.25) is 0 Å². The van der Waals surface area contributed by atoms with Crippen molar-refractivity contribution < 1.29 is 17.9 Å². The van der Waals surface area contributed by atoms with Gasteiger partial charge in [0.15, 0.2) is 0 Å². The molecule has 0 aliphatic carbocycles. The lowest BCUT2D eigenvalue weighted by molar-refractivity contribution is 0.0589. The highest BCUT2D eigenvalue weighted by Gasteiger charge is 2.27. The molecule has 130 valence electrons. The predicted octanol–water partition coefficient (Wildman–Crippen LogP) is 0.772. The zero-order valence-electron chi connectivity index (χ0n) is 13.8. The highest BCUT2D eigenvalue weighted by molar-refractivity contribution is 7.88. The highest BCUT2D eigenvalue weighted by atomic mass is 32.2. The minimum atomic E-state index is -3.28. The van der Waals surface area contributed by atoms with Crippen LogP contribution in [0, 0.1) is 5.92 Å². The summed E-state index contributed by atoms with van der Waals surface area (Å²) < 4.78 is 30.6. The van der Waals surface area contributed by atoms with Crippen molar-refractivity contribution >= 4 is 16.1 Å². The molecule has 7 nitrogen and oxygen atoms in total. The zero-order valence-corrected chi connectivity index (χ0v) is 14.6. The summed E-state index contributed by atoms with van der Waals surface area (Å²) in [6, 6.07) is -0.282. The van der Waals surface area contributed by atoms with Gasteiger partial charge in [-0.25, -0.2) is 13.2 Å². The Kier molecular flexibility index (Phi) is 8.13. The highest BCUT2D eigenvalue weighted by Crippen LogP contribution is 2.16. The monoisotopic (exact) mass is 335 g/mol. The molecule has 2 N–H and O–H groups in total. The number of rotatable bonds is 8. The van der Waals surface area contributed by atoms with Gasteiger partial charge in [-0.1, -0.05) is 13.8 Å². The van der Waals surface area contributed by atoms with E-state index in [2.05, 4.69) is 24.5 Å². The maximum absolute atomic E-state index is 11.9. The number of nitrogens with zero attached hydrogens (tertiary/aromatic N) is 1. The van der Waals surface area contributed by atoms with Crippen molar-refractivity contribution in [2.24, 2.45) is 5.92 Å². The molecular formula is C14H29N3O4S. The molecule has 0 aromatic rings. The Bertz CT molecular complexity index is 433. The summed E-state index contributed by atoms with van der Waals surface area (Å²) >= 11 is 0. The molecule has 2 amide bonds. The lowest BCUT2D eigenvalue weighted by atomic mass is 10.1. The summed E-state index contributed by atoms with van der Waals surface area (Å²) in [4.78, 5) is 11.6. The first-order chi connectivity index (χ1) is 10.3. The molecule has 0 bridgehead atoms. The predicted molar refractivity (Wildman–Crippen MR) is 86.2 cm³/mol. The number of carbonyl (C=O) groups is 1. The molecule has 1 rings (SSSR count). The van der Waals surface area contributed by atoms with Crippen LogP contribution >= 0.6 is 0 Å². The molecule has 0 spiro atoms. The van der Waals surface area contributed by atoms with Crippen molar-refractivity contribution in [1.29, 1.82) is 0 Å². The maximum atomic E-state index is 11.9. The molecule has 1 fully saturated rings. The average molecular weight is 335 g/mol. The number of carbonyl (C=O) groups excluding carboxylic acids is 1. The SMILES string of the molecule is CC(C)CCNC(=O)NCCN(C1CCOCC1)S(C)(=O)=O. The quantitative estimate of drug-likeness (QED) is 0.686. The molecule has 1 aliphatic heterocycles. The van der Waals surface area contributed by atoms with Crippen LogP contribution in [0.15, 0.2) is 0 Å². The lowest BCUT2D eigenvalue weighted by Gasteiger charge is -2.32. The molecule has 1 aliphatic rings. The third-order valence-corrected chi connectivity index (χ3v) is 4.98. The molecule has 22 heavy (non-hydrogen) atoms. The van der Waals surface area contributed by atoms with Crippen LogP contribution < -0.4 is 10.6 Å². The Hall–Kier alpha value is -0.860. The maximum Gasteiger partial charge on any atom is 0.314 e. The molecule has 0 radical (unpaired) electrons. The van der Waals surface area contributed by atoms with E-state index in [9.17, 15) is 13.2 Å². The zero-order chi connectivity index (χ0) is 16.6. The van der Waals surface area contributed by atoms with E-state index >= 15 is 0 Å². The summed E-state index contributed by atoms with van der Waals surface area (Å²) in [5, 5.41) is 5.48. The van der Waals surface area contributed by atoms with Crippen LogP contribution in [0.2, 0.25) is 0 Å². The van der Waals surface area contributed by atoms with Crippen LogP contribution in [-0.4, -0.2) is 63.9 Å². The van der Waals surface area contributed by atoms with Gasteiger partial charge in [-0.05, 0) is 25.2 Å². The Morgan fingerprint density at radius 1 is 1.23 bits per heavy atom. The number of ether oxygens (including phenoxy) is 1. The molecule has 0 atom stereocenters. The van der Waals surface area contributed by atoms with E-state index in [-0.39, 0.29) is 12.1 Å². The summed E-state index contributed by atoms with van der Waals surface area (Å²) in [5.74, 6) is 0.537. The van der Waals surface area contributed by atoms with Gasteiger partial charge in [0.25, 0.3) is 0 Å². The largest absolute Gasteiger partial charge is 0.381 e. The Morgan fingerprint density at radius 2 is 1.82 bits per heavy atom. The van der Waals surface area contributed by atoms with Crippen LogP contribution in [0.1, 0.15) is 33.1 Å². The fourth-order valence-corrected chi connectivity index (χ4v) is 3.58. The first-order valence-electron chi connectivity index (χ1n) is 7.87. The summed E-state index contributed by atoms with van der Waals surface area (Å²) in [6.07, 6.45) is 3.54. The van der Waals surface area contributed by atoms with Crippen molar-refractivity contribution in [1.82, 2.24) is 14.9 Å². The minimum absolute atomic E-state index is 0.0328. The third-order valence-electron chi connectivity index (χ3n) is 3.65. The fraction of sp³-hybridized carbons (Fsp3) is 0.929. The van der Waals surface area contributed by atoms with E-state index < -0.39 is 10.0 Å². The van der Waals surface area contributed by atoms with Crippen LogP contribution in [0.3, 0.4) is 0 Å². The number of hydrogen-bond donors (Lipinski definition) is 2. The molecule has 0 aromatic carbocycles. The molecule has 1 saturated heterocycles. The second-order valence-electron chi connectivity index (χ2n) is 6.08. The van der Waals surface area contributed by atoms with E-state index in [4.69, 9.17) is 4.74 Å². The van der Waals surface area contributed by atoms with Gasteiger partial charge in [-0.2, -0.15) is 4.31 Å². The summed E-state index contributed by atoms with van der Waals surface area (Å²) in [6.45, 7) is 6.58. The van der Waals surface area contributed by atoms with E-state index in [1.54, 1.807) is 0 Å².